The van der Waals surface area contributed by atoms with E-state index >= 15 is 0 Å². The average Bonchev–Trinajstić information content (AvgIpc) is 2.08. The van der Waals surface area contributed by atoms with E-state index < -0.39 is 11.9 Å². The molecule has 0 saturated heterocycles. The molecule has 16 heavy (non-hydrogen) atoms. The molecule has 0 unspecified atom stereocenters. The predicted octanol–water partition coefficient (Wildman–Crippen LogP) is 0.979. The van der Waals surface area contributed by atoms with Gasteiger partial charge in [-0.15, -0.1) is 0 Å². The molecule has 0 amide bonds. The molecule has 0 fully saturated rings. The molecule has 86 valence electrons. The van der Waals surface area contributed by atoms with Crippen molar-refractivity contribution in [1.82, 2.24) is 0 Å². The van der Waals surface area contributed by atoms with Gasteiger partial charge in [0.25, 0.3) is 0 Å². The SMILES string of the molecule is O=C(O)CCCCCCCCC(=O)O.[KH].[KH]. The van der Waals surface area contributed by atoms with Crippen LogP contribution in [0.3, 0.4) is 0 Å². The maximum atomic E-state index is 10.1. The molecule has 0 spiro atoms. The second-order valence-corrected chi connectivity index (χ2v) is 3.41. The fourth-order valence-corrected chi connectivity index (χ4v) is 1.26. The summed E-state index contributed by atoms with van der Waals surface area (Å²) < 4.78 is 0. The zero-order valence-corrected chi connectivity index (χ0v) is 8.37. The van der Waals surface area contributed by atoms with Crippen LogP contribution in [0, 0.1) is 0 Å². The van der Waals surface area contributed by atoms with Crippen LogP contribution in [-0.2, 0) is 9.59 Å². The molecule has 0 aromatic rings. The Kier molecular flexibility index (Phi) is 25.1. The van der Waals surface area contributed by atoms with Gasteiger partial charge < -0.3 is 10.2 Å². The summed E-state index contributed by atoms with van der Waals surface area (Å²) in [4.78, 5) is 20.3. The summed E-state index contributed by atoms with van der Waals surface area (Å²) in [6, 6.07) is 0. The summed E-state index contributed by atoms with van der Waals surface area (Å²) in [5, 5.41) is 16.7. The number of unbranched alkanes of at least 4 members (excludes halogenated alkanes) is 5. The van der Waals surface area contributed by atoms with Gasteiger partial charge in [0.1, 0.15) is 0 Å². The Morgan fingerprint density at radius 3 is 1.12 bits per heavy atom. The quantitative estimate of drug-likeness (QED) is 0.488. The molecule has 0 bridgehead atoms. The molecular weight excluding hydrogens is 262 g/mol. The molecule has 0 saturated carbocycles. The molecule has 0 aliphatic heterocycles. The minimum absolute atomic E-state index is 0. The van der Waals surface area contributed by atoms with Gasteiger partial charge in [-0.05, 0) is 12.8 Å². The Labute approximate surface area is 182 Å². The average molecular weight is 282 g/mol. The molecular formula is C10H20K2O4. The van der Waals surface area contributed by atoms with Gasteiger partial charge in [-0.2, -0.15) is 0 Å². The molecule has 6 heteroatoms. The number of hydrogen-bond donors (Lipinski definition) is 2. The number of aliphatic carboxylic acids is 2. The van der Waals surface area contributed by atoms with E-state index in [1.54, 1.807) is 0 Å². The molecule has 2 N–H and O–H groups in total. The van der Waals surface area contributed by atoms with E-state index in [4.69, 9.17) is 10.2 Å². The zero-order chi connectivity index (χ0) is 10.8. The first-order valence-electron chi connectivity index (χ1n) is 5.06. The van der Waals surface area contributed by atoms with Crippen LogP contribution in [0.15, 0.2) is 0 Å². The summed E-state index contributed by atoms with van der Waals surface area (Å²) >= 11 is 0. The zero-order valence-electron chi connectivity index (χ0n) is 8.37. The Balaban J connectivity index is -0.000000845. The topological polar surface area (TPSA) is 74.6 Å². The van der Waals surface area contributed by atoms with E-state index in [1.165, 1.54) is 0 Å². The molecule has 4 nitrogen and oxygen atoms in total. The maximum absolute atomic E-state index is 10.1. The molecule has 0 radical (unpaired) electrons. The van der Waals surface area contributed by atoms with Crippen LogP contribution in [-0.4, -0.2) is 125 Å². The number of carbonyl (C=O) groups is 2. The first-order chi connectivity index (χ1) is 6.63. The molecule has 0 atom stereocenters. The summed E-state index contributed by atoms with van der Waals surface area (Å²) in [5.41, 5.74) is 0. The Morgan fingerprint density at radius 1 is 0.625 bits per heavy atom. The standard InChI is InChI=1S/C10H18O4.2K.2H/c11-9(12)7-5-3-1-2-4-6-8-10(13)14;;;;/h1-8H2,(H,11,12)(H,13,14);;;;. The van der Waals surface area contributed by atoms with Gasteiger partial charge in [-0.3, -0.25) is 9.59 Å². The monoisotopic (exact) mass is 282 g/mol. The van der Waals surface area contributed by atoms with Crippen molar-refractivity contribution in [2.75, 3.05) is 0 Å². The Bertz CT molecular complexity index is 166. The minimum atomic E-state index is -0.740. The van der Waals surface area contributed by atoms with Crippen LogP contribution in [0.5, 0.6) is 0 Å². The number of rotatable bonds is 9. The number of carboxylic acids is 2. The second kappa shape index (κ2) is 17.2. The van der Waals surface area contributed by atoms with E-state index in [1.807, 2.05) is 0 Å². The summed E-state index contributed by atoms with van der Waals surface area (Å²) in [7, 11) is 0. The van der Waals surface area contributed by atoms with Gasteiger partial charge in [0.15, 0.2) is 0 Å². The van der Waals surface area contributed by atoms with Crippen LogP contribution in [0.4, 0.5) is 0 Å². The van der Waals surface area contributed by atoms with Crippen molar-refractivity contribution in [1.29, 1.82) is 0 Å². The predicted molar refractivity (Wildman–Crippen MR) is 66.5 cm³/mol. The fourth-order valence-electron chi connectivity index (χ4n) is 1.26. The van der Waals surface area contributed by atoms with Crippen molar-refractivity contribution in [2.45, 2.75) is 51.4 Å². The third-order valence-electron chi connectivity index (χ3n) is 2.03. The normalized spacial score (nSPS) is 8.75. The van der Waals surface area contributed by atoms with Gasteiger partial charge in [-0.1, -0.05) is 25.7 Å². The van der Waals surface area contributed by atoms with Crippen molar-refractivity contribution in [3.63, 3.8) is 0 Å². The van der Waals surface area contributed by atoms with Crippen molar-refractivity contribution >= 4 is 115 Å². The van der Waals surface area contributed by atoms with Crippen LogP contribution in [0.2, 0.25) is 0 Å². The van der Waals surface area contributed by atoms with E-state index in [0.29, 0.717) is 0 Å². The van der Waals surface area contributed by atoms with Crippen molar-refractivity contribution in [2.24, 2.45) is 0 Å². The van der Waals surface area contributed by atoms with E-state index in [2.05, 4.69) is 0 Å². The van der Waals surface area contributed by atoms with Crippen molar-refractivity contribution in [3.8, 4) is 0 Å². The number of hydrogen-bond acceptors (Lipinski definition) is 2. The molecule has 0 aliphatic rings. The van der Waals surface area contributed by atoms with Crippen molar-refractivity contribution in [3.05, 3.63) is 0 Å². The van der Waals surface area contributed by atoms with Crippen LogP contribution in [0.25, 0.3) is 0 Å². The third-order valence-corrected chi connectivity index (χ3v) is 2.03. The van der Waals surface area contributed by atoms with E-state index in [-0.39, 0.29) is 116 Å². The van der Waals surface area contributed by atoms with Crippen LogP contribution < -0.4 is 0 Å². The molecule has 0 rings (SSSR count). The van der Waals surface area contributed by atoms with Gasteiger partial charge in [0.2, 0.25) is 0 Å². The summed E-state index contributed by atoms with van der Waals surface area (Å²) in [6.07, 6.45) is 5.82. The van der Waals surface area contributed by atoms with Crippen LogP contribution in [0.1, 0.15) is 51.4 Å². The van der Waals surface area contributed by atoms with E-state index in [0.717, 1.165) is 38.5 Å². The Hall–Kier alpha value is 2.21. The molecule has 0 aromatic heterocycles. The van der Waals surface area contributed by atoms with Gasteiger partial charge in [0, 0.05) is 12.8 Å². The van der Waals surface area contributed by atoms with Gasteiger partial charge in [0.05, 0.1) is 0 Å². The summed E-state index contributed by atoms with van der Waals surface area (Å²) in [6.45, 7) is 0. The third kappa shape index (κ3) is 21.5. The fraction of sp³-hybridized carbons (Fsp3) is 0.800. The molecule has 0 aliphatic carbocycles. The Morgan fingerprint density at radius 2 is 0.875 bits per heavy atom. The first-order valence-corrected chi connectivity index (χ1v) is 5.06. The molecule has 0 heterocycles. The van der Waals surface area contributed by atoms with Gasteiger partial charge >= 0.3 is 115 Å². The van der Waals surface area contributed by atoms with Gasteiger partial charge in [-0.25, -0.2) is 0 Å². The van der Waals surface area contributed by atoms with Crippen molar-refractivity contribution < 1.29 is 19.8 Å². The number of carboxylic acid groups (broad SMARTS) is 2. The summed E-state index contributed by atoms with van der Waals surface area (Å²) in [5.74, 6) is -1.48. The van der Waals surface area contributed by atoms with E-state index in [9.17, 15) is 9.59 Å². The first kappa shape index (κ1) is 23.3. The van der Waals surface area contributed by atoms with Crippen LogP contribution >= 0.6 is 0 Å². The second-order valence-electron chi connectivity index (χ2n) is 3.41. The molecule has 0 aromatic carbocycles.